The fourth-order valence-electron chi connectivity index (χ4n) is 1.02. The first-order valence-corrected chi connectivity index (χ1v) is 3.66. The maximum Gasteiger partial charge on any atom is 0.167 e. The Morgan fingerprint density at radius 3 is 2.50 bits per heavy atom. The van der Waals surface area contributed by atoms with Gasteiger partial charge in [0.15, 0.2) is 5.79 Å². The lowest BCUT2D eigenvalue weighted by Crippen LogP contribution is -2.38. The van der Waals surface area contributed by atoms with Gasteiger partial charge < -0.3 is 14.6 Å². The molecule has 0 aromatic rings. The Hall–Kier alpha value is -0.120. The average molecular weight is 146 g/mol. The van der Waals surface area contributed by atoms with Gasteiger partial charge in [0, 0.05) is 13.0 Å². The van der Waals surface area contributed by atoms with Crippen LogP contribution in [-0.2, 0) is 9.47 Å². The van der Waals surface area contributed by atoms with Crippen LogP contribution in [0.4, 0.5) is 0 Å². The number of aliphatic hydroxyl groups is 1. The highest BCUT2D eigenvalue weighted by molar-refractivity contribution is 4.65. The first-order chi connectivity index (χ1) is 4.77. The molecule has 1 aliphatic heterocycles. The van der Waals surface area contributed by atoms with E-state index >= 15 is 0 Å². The van der Waals surface area contributed by atoms with Gasteiger partial charge in [-0.3, -0.25) is 0 Å². The zero-order valence-corrected chi connectivity index (χ0v) is 6.30. The summed E-state index contributed by atoms with van der Waals surface area (Å²) in [4.78, 5) is 0. The molecule has 0 bridgehead atoms. The summed E-state index contributed by atoms with van der Waals surface area (Å²) < 4.78 is 10.6. The zero-order valence-electron chi connectivity index (χ0n) is 6.30. The van der Waals surface area contributed by atoms with Crippen molar-refractivity contribution in [3.63, 3.8) is 0 Å². The summed E-state index contributed by atoms with van der Waals surface area (Å²) in [6, 6.07) is 0. The molecule has 0 atom stereocenters. The molecular weight excluding hydrogens is 132 g/mol. The van der Waals surface area contributed by atoms with Gasteiger partial charge in [0.05, 0.1) is 13.2 Å². The number of rotatable bonds is 2. The average Bonchev–Trinajstić information content (AvgIpc) is 1.89. The molecule has 3 nitrogen and oxygen atoms in total. The quantitative estimate of drug-likeness (QED) is 0.617. The molecule has 60 valence electrons. The van der Waals surface area contributed by atoms with Crippen LogP contribution in [0.15, 0.2) is 0 Å². The van der Waals surface area contributed by atoms with Crippen molar-refractivity contribution < 1.29 is 14.6 Å². The van der Waals surface area contributed by atoms with Gasteiger partial charge in [-0.25, -0.2) is 0 Å². The van der Waals surface area contributed by atoms with Crippen LogP contribution >= 0.6 is 0 Å². The van der Waals surface area contributed by atoms with E-state index in [0.29, 0.717) is 6.42 Å². The van der Waals surface area contributed by atoms with Gasteiger partial charge in [-0.15, -0.1) is 0 Å². The van der Waals surface area contributed by atoms with Crippen molar-refractivity contribution in [2.75, 3.05) is 19.8 Å². The second-order valence-electron chi connectivity index (χ2n) is 2.66. The van der Waals surface area contributed by atoms with E-state index in [1.54, 1.807) is 0 Å². The summed E-state index contributed by atoms with van der Waals surface area (Å²) in [5.41, 5.74) is 0. The first-order valence-electron chi connectivity index (χ1n) is 3.66. The molecule has 1 aliphatic rings. The largest absolute Gasteiger partial charge is 0.396 e. The Labute approximate surface area is 60.9 Å². The molecule has 0 saturated carbocycles. The first kappa shape index (κ1) is 7.98. The predicted molar refractivity (Wildman–Crippen MR) is 36.6 cm³/mol. The van der Waals surface area contributed by atoms with Crippen molar-refractivity contribution in [1.29, 1.82) is 0 Å². The van der Waals surface area contributed by atoms with Crippen molar-refractivity contribution in [1.82, 2.24) is 0 Å². The maximum absolute atomic E-state index is 8.62. The third kappa shape index (κ3) is 1.94. The third-order valence-electron chi connectivity index (χ3n) is 1.67. The number of hydrogen-bond acceptors (Lipinski definition) is 3. The van der Waals surface area contributed by atoms with E-state index in [4.69, 9.17) is 14.6 Å². The molecule has 0 spiro atoms. The molecule has 0 amide bonds. The Morgan fingerprint density at radius 2 is 2.00 bits per heavy atom. The third-order valence-corrected chi connectivity index (χ3v) is 1.67. The molecule has 3 heteroatoms. The highest BCUT2D eigenvalue weighted by Gasteiger charge is 2.27. The van der Waals surface area contributed by atoms with E-state index < -0.39 is 5.79 Å². The monoisotopic (exact) mass is 146 g/mol. The van der Waals surface area contributed by atoms with Crippen molar-refractivity contribution in [3.05, 3.63) is 0 Å². The van der Waals surface area contributed by atoms with Crippen LogP contribution in [0.1, 0.15) is 19.8 Å². The Kier molecular flexibility index (Phi) is 2.65. The van der Waals surface area contributed by atoms with E-state index in [0.717, 1.165) is 19.6 Å². The Bertz CT molecular complexity index is 91.5. The normalized spacial score (nSPS) is 24.6. The molecule has 10 heavy (non-hydrogen) atoms. The smallest absolute Gasteiger partial charge is 0.167 e. The van der Waals surface area contributed by atoms with Crippen LogP contribution in [-0.4, -0.2) is 30.7 Å². The van der Waals surface area contributed by atoms with Gasteiger partial charge in [0.2, 0.25) is 0 Å². The lowest BCUT2D eigenvalue weighted by molar-refractivity contribution is -0.261. The van der Waals surface area contributed by atoms with E-state index in [-0.39, 0.29) is 6.61 Å². The summed E-state index contributed by atoms with van der Waals surface area (Å²) in [7, 11) is 0. The van der Waals surface area contributed by atoms with Crippen LogP contribution in [0.3, 0.4) is 0 Å². The summed E-state index contributed by atoms with van der Waals surface area (Å²) >= 11 is 0. The highest BCUT2D eigenvalue weighted by atomic mass is 16.7. The van der Waals surface area contributed by atoms with E-state index in [9.17, 15) is 0 Å². The molecule has 1 N–H and O–H groups in total. The van der Waals surface area contributed by atoms with Gasteiger partial charge in [0.25, 0.3) is 0 Å². The second kappa shape index (κ2) is 3.32. The van der Waals surface area contributed by atoms with E-state index in [1.807, 2.05) is 6.92 Å². The molecular formula is C7H14O3. The summed E-state index contributed by atoms with van der Waals surface area (Å²) in [6.45, 7) is 3.48. The van der Waals surface area contributed by atoms with Crippen molar-refractivity contribution in [3.8, 4) is 0 Å². The van der Waals surface area contributed by atoms with Gasteiger partial charge in [-0.2, -0.15) is 0 Å². The molecule has 0 unspecified atom stereocenters. The minimum absolute atomic E-state index is 0.122. The summed E-state index contributed by atoms with van der Waals surface area (Å²) in [5.74, 6) is -0.521. The van der Waals surface area contributed by atoms with E-state index in [2.05, 4.69) is 0 Å². The summed E-state index contributed by atoms with van der Waals surface area (Å²) in [6.07, 6.45) is 1.52. The van der Waals surface area contributed by atoms with Gasteiger partial charge in [-0.1, -0.05) is 0 Å². The fourth-order valence-corrected chi connectivity index (χ4v) is 1.02. The van der Waals surface area contributed by atoms with Crippen LogP contribution < -0.4 is 0 Å². The van der Waals surface area contributed by atoms with Crippen molar-refractivity contribution >= 4 is 0 Å². The minimum atomic E-state index is -0.521. The van der Waals surface area contributed by atoms with Crippen LogP contribution in [0.5, 0.6) is 0 Å². The fraction of sp³-hybridized carbons (Fsp3) is 1.00. The molecule has 0 aliphatic carbocycles. The SMILES string of the molecule is CC1(CCO)OCCCO1. The molecule has 0 aromatic heterocycles. The van der Waals surface area contributed by atoms with Crippen LogP contribution in [0.25, 0.3) is 0 Å². The van der Waals surface area contributed by atoms with Crippen LogP contribution in [0, 0.1) is 0 Å². The van der Waals surface area contributed by atoms with Crippen molar-refractivity contribution in [2.45, 2.75) is 25.6 Å². The minimum Gasteiger partial charge on any atom is -0.396 e. The molecule has 1 heterocycles. The molecule has 0 aromatic carbocycles. The van der Waals surface area contributed by atoms with E-state index in [1.165, 1.54) is 0 Å². The number of ether oxygens (including phenoxy) is 2. The maximum atomic E-state index is 8.62. The second-order valence-corrected chi connectivity index (χ2v) is 2.66. The Morgan fingerprint density at radius 1 is 1.40 bits per heavy atom. The highest BCUT2D eigenvalue weighted by Crippen LogP contribution is 2.20. The topological polar surface area (TPSA) is 38.7 Å². The standard InChI is InChI=1S/C7H14O3/c1-7(3-4-8)9-5-2-6-10-7/h8H,2-6H2,1H3. The lowest BCUT2D eigenvalue weighted by atomic mass is 10.2. The van der Waals surface area contributed by atoms with Crippen molar-refractivity contribution in [2.24, 2.45) is 0 Å². The molecule has 1 fully saturated rings. The zero-order chi connectivity index (χ0) is 7.45. The Balaban J connectivity index is 2.32. The molecule has 1 saturated heterocycles. The number of aliphatic hydroxyl groups excluding tert-OH is 1. The number of hydrogen-bond donors (Lipinski definition) is 1. The van der Waals surface area contributed by atoms with Gasteiger partial charge >= 0.3 is 0 Å². The van der Waals surface area contributed by atoms with Gasteiger partial charge in [0.1, 0.15) is 0 Å². The molecule has 1 rings (SSSR count). The predicted octanol–water partition coefficient (Wildman–Crippen LogP) is 0.522. The van der Waals surface area contributed by atoms with Crippen LogP contribution in [0.2, 0.25) is 0 Å². The molecule has 0 radical (unpaired) electrons. The lowest BCUT2D eigenvalue weighted by Gasteiger charge is -2.33. The summed E-state index contributed by atoms with van der Waals surface area (Å²) in [5, 5.41) is 8.62. The van der Waals surface area contributed by atoms with Gasteiger partial charge in [-0.05, 0) is 13.3 Å².